The van der Waals surface area contributed by atoms with Crippen LogP contribution in [-0.4, -0.2) is 22.9 Å². The van der Waals surface area contributed by atoms with Crippen LogP contribution in [0.1, 0.15) is 10.4 Å². The summed E-state index contributed by atoms with van der Waals surface area (Å²) in [5, 5.41) is 17.5. The van der Waals surface area contributed by atoms with Crippen molar-refractivity contribution in [3.63, 3.8) is 0 Å². The van der Waals surface area contributed by atoms with Crippen LogP contribution in [0.5, 0.6) is 0 Å². The van der Waals surface area contributed by atoms with Gasteiger partial charge >= 0.3 is 0 Å². The number of aromatic nitrogens is 1. The molecule has 7 nitrogen and oxygen atoms in total. The van der Waals surface area contributed by atoms with Gasteiger partial charge in [-0.1, -0.05) is 18.2 Å². The number of anilines is 2. The minimum atomic E-state index is -0.532. The first-order chi connectivity index (χ1) is 11.6. The minimum Gasteiger partial charge on any atom is -0.387 e. The molecule has 0 atom stereocenters. The summed E-state index contributed by atoms with van der Waals surface area (Å²) in [5.74, 6) is -0.443. The molecule has 0 unspecified atom stereocenters. The predicted octanol–water partition coefficient (Wildman–Crippen LogP) is 3.44. The lowest BCUT2D eigenvalue weighted by Gasteiger charge is -2.11. The average molecular weight is 322 g/mol. The second kappa shape index (κ2) is 6.33. The molecular weight excluding hydrogens is 308 g/mol. The summed E-state index contributed by atoms with van der Waals surface area (Å²) >= 11 is 0. The smallest absolute Gasteiger partial charge is 0.270 e. The molecule has 0 aliphatic heterocycles. The maximum Gasteiger partial charge on any atom is 0.270 e. The average Bonchev–Trinajstić information content (AvgIpc) is 2.61. The van der Waals surface area contributed by atoms with E-state index in [2.05, 4.69) is 15.6 Å². The second-order valence-electron chi connectivity index (χ2n) is 5.07. The van der Waals surface area contributed by atoms with Crippen molar-refractivity contribution in [3.05, 3.63) is 70.4 Å². The van der Waals surface area contributed by atoms with E-state index in [4.69, 9.17) is 0 Å². The van der Waals surface area contributed by atoms with E-state index in [1.165, 1.54) is 18.2 Å². The number of hydrogen-bond donors (Lipinski definition) is 2. The van der Waals surface area contributed by atoms with Gasteiger partial charge in [0.15, 0.2) is 0 Å². The highest BCUT2D eigenvalue weighted by molar-refractivity contribution is 6.11. The summed E-state index contributed by atoms with van der Waals surface area (Å²) in [7, 11) is 1.65. The fourth-order valence-electron chi connectivity index (χ4n) is 2.45. The van der Waals surface area contributed by atoms with Gasteiger partial charge in [0.2, 0.25) is 0 Å². The minimum absolute atomic E-state index is 0.143. The molecule has 1 aromatic heterocycles. The number of benzene rings is 2. The third kappa shape index (κ3) is 2.87. The zero-order valence-electron chi connectivity index (χ0n) is 12.8. The fourth-order valence-corrected chi connectivity index (χ4v) is 2.45. The van der Waals surface area contributed by atoms with E-state index in [1.54, 1.807) is 19.3 Å². The number of rotatable bonds is 4. The number of non-ortho nitro benzene ring substituents is 1. The number of hydrogen-bond acceptors (Lipinski definition) is 5. The molecule has 2 N–H and O–H groups in total. The Bertz CT molecular complexity index is 935. The number of carbonyl (C=O) groups is 1. The van der Waals surface area contributed by atoms with E-state index < -0.39 is 10.8 Å². The molecule has 0 saturated heterocycles. The van der Waals surface area contributed by atoms with Crippen LogP contribution in [-0.2, 0) is 0 Å². The molecular formula is C17H14N4O3. The number of nitro benzene ring substituents is 1. The van der Waals surface area contributed by atoms with E-state index in [1.807, 2.05) is 24.3 Å². The van der Waals surface area contributed by atoms with Gasteiger partial charge in [0, 0.05) is 36.5 Å². The van der Waals surface area contributed by atoms with E-state index in [-0.39, 0.29) is 11.3 Å². The van der Waals surface area contributed by atoms with Crippen LogP contribution in [0.4, 0.5) is 17.1 Å². The van der Waals surface area contributed by atoms with Crippen molar-refractivity contribution in [1.29, 1.82) is 0 Å². The van der Waals surface area contributed by atoms with E-state index >= 15 is 0 Å². The van der Waals surface area contributed by atoms with Crippen LogP contribution in [0.2, 0.25) is 0 Å². The zero-order chi connectivity index (χ0) is 17.1. The van der Waals surface area contributed by atoms with Crippen LogP contribution in [0.3, 0.4) is 0 Å². The molecule has 0 fully saturated rings. The lowest BCUT2D eigenvalue weighted by atomic mass is 10.1. The number of pyridine rings is 1. The molecule has 0 bridgehead atoms. The highest BCUT2D eigenvalue weighted by atomic mass is 16.6. The van der Waals surface area contributed by atoms with Gasteiger partial charge in [-0.25, -0.2) is 0 Å². The molecule has 0 spiro atoms. The zero-order valence-corrected chi connectivity index (χ0v) is 12.8. The quantitative estimate of drug-likeness (QED) is 0.566. The molecule has 24 heavy (non-hydrogen) atoms. The van der Waals surface area contributed by atoms with Crippen LogP contribution < -0.4 is 10.6 Å². The van der Waals surface area contributed by atoms with Gasteiger partial charge in [-0.3, -0.25) is 19.9 Å². The van der Waals surface area contributed by atoms with Gasteiger partial charge in [-0.05, 0) is 18.2 Å². The maximum absolute atomic E-state index is 12.6. The third-order valence-electron chi connectivity index (χ3n) is 3.61. The fraction of sp³-hybridized carbons (Fsp3) is 0.0588. The first-order valence-corrected chi connectivity index (χ1v) is 7.21. The highest BCUT2D eigenvalue weighted by Crippen LogP contribution is 2.25. The highest BCUT2D eigenvalue weighted by Gasteiger charge is 2.17. The number of nitro groups is 1. The molecule has 7 heteroatoms. The number of fused-ring (bicyclic) bond motifs is 1. The number of amides is 1. The summed E-state index contributed by atoms with van der Waals surface area (Å²) in [4.78, 5) is 27.3. The summed E-state index contributed by atoms with van der Waals surface area (Å²) in [6.45, 7) is 0. The van der Waals surface area contributed by atoms with Crippen LogP contribution >= 0.6 is 0 Å². The lowest BCUT2D eigenvalue weighted by molar-refractivity contribution is -0.384. The summed E-state index contributed by atoms with van der Waals surface area (Å²) in [6.07, 6.45) is 1.64. The number of para-hydroxylation sites is 1. The van der Waals surface area contributed by atoms with Crippen LogP contribution in [0.15, 0.2) is 54.7 Å². The van der Waals surface area contributed by atoms with Gasteiger partial charge in [0.1, 0.15) is 0 Å². The Morgan fingerprint density at radius 2 is 1.92 bits per heavy atom. The molecule has 1 heterocycles. The van der Waals surface area contributed by atoms with E-state index in [0.29, 0.717) is 16.9 Å². The molecule has 0 aliphatic rings. The topological polar surface area (TPSA) is 97.2 Å². The van der Waals surface area contributed by atoms with E-state index in [9.17, 15) is 14.9 Å². The summed E-state index contributed by atoms with van der Waals surface area (Å²) < 4.78 is 0. The van der Waals surface area contributed by atoms with Gasteiger partial charge in [0.25, 0.3) is 11.6 Å². The Morgan fingerprint density at radius 1 is 1.12 bits per heavy atom. The van der Waals surface area contributed by atoms with Crippen molar-refractivity contribution >= 4 is 33.9 Å². The van der Waals surface area contributed by atoms with Crippen molar-refractivity contribution in [1.82, 2.24) is 4.98 Å². The van der Waals surface area contributed by atoms with Gasteiger partial charge < -0.3 is 10.6 Å². The normalized spacial score (nSPS) is 10.4. The summed E-state index contributed by atoms with van der Waals surface area (Å²) in [5.41, 5.74) is 1.76. The summed E-state index contributed by atoms with van der Waals surface area (Å²) in [6, 6.07) is 13.3. The van der Waals surface area contributed by atoms with Gasteiger partial charge in [0.05, 0.1) is 21.7 Å². The Hall–Kier alpha value is -3.48. The molecule has 3 aromatic rings. The second-order valence-corrected chi connectivity index (χ2v) is 5.07. The molecule has 0 saturated carbocycles. The molecule has 1 amide bonds. The largest absolute Gasteiger partial charge is 0.387 e. The molecule has 120 valence electrons. The first kappa shape index (κ1) is 15.4. The Balaban J connectivity index is 2.00. The number of nitrogens with zero attached hydrogens (tertiary/aromatic N) is 2. The van der Waals surface area contributed by atoms with Crippen molar-refractivity contribution in [2.45, 2.75) is 0 Å². The van der Waals surface area contributed by atoms with Crippen LogP contribution in [0, 0.1) is 10.1 Å². The molecule has 3 rings (SSSR count). The van der Waals surface area contributed by atoms with Gasteiger partial charge in [-0.15, -0.1) is 0 Å². The maximum atomic E-state index is 12.6. The van der Waals surface area contributed by atoms with Crippen molar-refractivity contribution in [2.24, 2.45) is 0 Å². The van der Waals surface area contributed by atoms with Crippen molar-refractivity contribution < 1.29 is 9.72 Å². The van der Waals surface area contributed by atoms with Gasteiger partial charge in [-0.2, -0.15) is 0 Å². The Labute approximate surface area is 137 Å². The Morgan fingerprint density at radius 3 is 2.67 bits per heavy atom. The standard InChI is InChI=1S/C17H14N4O3/c1-18-14-8-7-12(21(23)24)10-13(14)17(22)20-15-6-2-4-11-5-3-9-19-16(11)15/h2-10,18H,1H3,(H,20,22). The van der Waals surface area contributed by atoms with Crippen molar-refractivity contribution in [3.8, 4) is 0 Å². The third-order valence-corrected chi connectivity index (χ3v) is 3.61. The predicted molar refractivity (Wildman–Crippen MR) is 92.3 cm³/mol. The monoisotopic (exact) mass is 322 g/mol. The SMILES string of the molecule is CNc1ccc([N+](=O)[O-])cc1C(=O)Nc1cccc2cccnc12. The number of carbonyl (C=O) groups excluding carboxylic acids is 1. The number of nitrogens with one attached hydrogen (secondary N) is 2. The molecule has 2 aromatic carbocycles. The molecule has 0 radical (unpaired) electrons. The first-order valence-electron chi connectivity index (χ1n) is 7.21. The van der Waals surface area contributed by atoms with E-state index in [0.717, 1.165) is 5.39 Å². The molecule has 0 aliphatic carbocycles. The Kier molecular flexibility index (Phi) is 4.07. The van der Waals surface area contributed by atoms with Crippen LogP contribution in [0.25, 0.3) is 10.9 Å². The van der Waals surface area contributed by atoms with Crippen molar-refractivity contribution in [2.75, 3.05) is 17.7 Å². The lowest BCUT2D eigenvalue weighted by Crippen LogP contribution is -2.14.